The molecular weight excluding hydrogens is 289 g/mol. The van der Waals surface area contributed by atoms with Crippen LogP contribution in [0, 0.1) is 0 Å². The highest BCUT2D eigenvalue weighted by molar-refractivity contribution is 9.10. The second-order valence-corrected chi connectivity index (χ2v) is 5.01. The molecule has 0 amide bonds. The average molecular weight is 307 g/mol. The molecule has 0 radical (unpaired) electrons. The Morgan fingerprint density at radius 1 is 1.19 bits per heavy atom. The summed E-state index contributed by atoms with van der Waals surface area (Å²) < 4.78 is 1.03. The van der Waals surface area contributed by atoms with Crippen molar-refractivity contribution < 1.29 is 5.11 Å². The van der Waals surface area contributed by atoms with Gasteiger partial charge >= 0.3 is 0 Å². The number of anilines is 1. The fourth-order valence-corrected chi connectivity index (χ4v) is 1.99. The van der Waals surface area contributed by atoms with Crippen LogP contribution in [0.5, 0.6) is 0 Å². The van der Waals surface area contributed by atoms with Crippen molar-refractivity contribution in [2.24, 2.45) is 0 Å². The Kier molecular flexibility index (Phi) is 6.85. The van der Waals surface area contributed by atoms with E-state index in [0.717, 1.165) is 47.4 Å². The van der Waals surface area contributed by atoms with Crippen LogP contribution in [0.15, 0.2) is 22.7 Å². The molecule has 16 heavy (non-hydrogen) atoms. The van der Waals surface area contributed by atoms with Crippen molar-refractivity contribution >= 4 is 33.2 Å². The molecule has 4 heteroatoms. The Morgan fingerprint density at radius 2 is 1.94 bits per heavy atom. The van der Waals surface area contributed by atoms with E-state index in [4.69, 9.17) is 16.7 Å². The van der Waals surface area contributed by atoms with E-state index in [2.05, 4.69) is 21.2 Å². The highest BCUT2D eigenvalue weighted by atomic mass is 79.9. The van der Waals surface area contributed by atoms with E-state index >= 15 is 0 Å². The lowest BCUT2D eigenvalue weighted by Crippen LogP contribution is -2.02. The Morgan fingerprint density at radius 3 is 2.69 bits per heavy atom. The van der Waals surface area contributed by atoms with Crippen LogP contribution in [0.2, 0.25) is 5.02 Å². The molecule has 2 N–H and O–H groups in total. The summed E-state index contributed by atoms with van der Waals surface area (Å²) in [5.41, 5.74) is 0.971. The molecular formula is C12H17BrClNO. The first-order chi connectivity index (χ1) is 7.74. The molecule has 90 valence electrons. The topological polar surface area (TPSA) is 32.3 Å². The molecule has 0 atom stereocenters. The summed E-state index contributed by atoms with van der Waals surface area (Å²) in [6.07, 6.45) is 4.23. The Hall–Kier alpha value is -0.250. The Bertz CT molecular complexity index is 320. The maximum Gasteiger partial charge on any atom is 0.0638 e. The van der Waals surface area contributed by atoms with Crippen molar-refractivity contribution in [3.63, 3.8) is 0 Å². The fourth-order valence-electron chi connectivity index (χ4n) is 1.45. The SMILES string of the molecule is OCCCCCCNc1cc(Br)ccc1Cl. The molecule has 0 aliphatic heterocycles. The third-order valence-corrected chi connectivity index (χ3v) is 3.15. The summed E-state index contributed by atoms with van der Waals surface area (Å²) in [7, 11) is 0. The van der Waals surface area contributed by atoms with Gasteiger partial charge in [-0.15, -0.1) is 0 Å². The summed E-state index contributed by atoms with van der Waals surface area (Å²) in [5.74, 6) is 0. The van der Waals surface area contributed by atoms with Crippen LogP contribution in [0.4, 0.5) is 5.69 Å². The standard InChI is InChI=1S/C12H17BrClNO/c13-10-5-6-11(14)12(9-10)15-7-3-1-2-4-8-16/h5-6,9,15-16H,1-4,7-8H2. The lowest BCUT2D eigenvalue weighted by Gasteiger charge is -2.08. The molecule has 1 aromatic rings. The zero-order valence-electron chi connectivity index (χ0n) is 9.18. The van der Waals surface area contributed by atoms with Crippen LogP contribution >= 0.6 is 27.5 Å². The molecule has 0 fully saturated rings. The largest absolute Gasteiger partial charge is 0.396 e. The van der Waals surface area contributed by atoms with Gasteiger partial charge in [0, 0.05) is 17.6 Å². The minimum atomic E-state index is 0.297. The summed E-state index contributed by atoms with van der Waals surface area (Å²) in [5, 5.41) is 12.7. The van der Waals surface area contributed by atoms with Gasteiger partial charge in [-0.2, -0.15) is 0 Å². The lowest BCUT2D eigenvalue weighted by atomic mass is 10.2. The van der Waals surface area contributed by atoms with Crippen LogP contribution in [0.3, 0.4) is 0 Å². The minimum absolute atomic E-state index is 0.297. The number of aliphatic hydroxyl groups excluding tert-OH is 1. The van der Waals surface area contributed by atoms with Gasteiger partial charge in [-0.05, 0) is 31.0 Å². The van der Waals surface area contributed by atoms with Gasteiger partial charge in [0.15, 0.2) is 0 Å². The zero-order valence-corrected chi connectivity index (χ0v) is 11.5. The number of aliphatic hydroxyl groups is 1. The number of hydrogen-bond acceptors (Lipinski definition) is 2. The zero-order chi connectivity index (χ0) is 11.8. The van der Waals surface area contributed by atoms with Gasteiger partial charge < -0.3 is 10.4 Å². The van der Waals surface area contributed by atoms with Crippen molar-refractivity contribution in [2.45, 2.75) is 25.7 Å². The fraction of sp³-hybridized carbons (Fsp3) is 0.500. The number of halogens is 2. The summed E-state index contributed by atoms with van der Waals surface area (Å²) in [6, 6.07) is 5.78. The maximum absolute atomic E-state index is 8.63. The molecule has 1 rings (SSSR count). The molecule has 0 saturated carbocycles. The van der Waals surface area contributed by atoms with Crippen molar-refractivity contribution in [2.75, 3.05) is 18.5 Å². The number of rotatable bonds is 7. The number of benzene rings is 1. The van der Waals surface area contributed by atoms with Crippen molar-refractivity contribution in [3.8, 4) is 0 Å². The van der Waals surface area contributed by atoms with E-state index in [1.54, 1.807) is 0 Å². The molecule has 0 saturated heterocycles. The smallest absolute Gasteiger partial charge is 0.0638 e. The van der Waals surface area contributed by atoms with Gasteiger partial charge in [-0.25, -0.2) is 0 Å². The predicted octanol–water partition coefficient (Wildman–Crippen LogP) is 4.07. The van der Waals surface area contributed by atoms with E-state index < -0.39 is 0 Å². The second-order valence-electron chi connectivity index (χ2n) is 3.69. The molecule has 0 aromatic heterocycles. The van der Waals surface area contributed by atoms with E-state index in [-0.39, 0.29) is 0 Å². The monoisotopic (exact) mass is 305 g/mol. The molecule has 0 aliphatic rings. The minimum Gasteiger partial charge on any atom is -0.396 e. The molecule has 0 heterocycles. The van der Waals surface area contributed by atoms with Crippen LogP contribution in [-0.4, -0.2) is 18.3 Å². The maximum atomic E-state index is 8.63. The van der Waals surface area contributed by atoms with Crippen LogP contribution in [0.1, 0.15) is 25.7 Å². The molecule has 0 bridgehead atoms. The molecule has 0 unspecified atom stereocenters. The second kappa shape index (κ2) is 7.93. The van der Waals surface area contributed by atoms with Crippen molar-refractivity contribution in [1.82, 2.24) is 0 Å². The van der Waals surface area contributed by atoms with Gasteiger partial charge in [0.1, 0.15) is 0 Å². The quantitative estimate of drug-likeness (QED) is 0.744. The van der Waals surface area contributed by atoms with Gasteiger partial charge in [0.2, 0.25) is 0 Å². The molecule has 1 aromatic carbocycles. The lowest BCUT2D eigenvalue weighted by molar-refractivity contribution is 0.283. The molecule has 0 spiro atoms. The van der Waals surface area contributed by atoms with Gasteiger partial charge in [0.25, 0.3) is 0 Å². The highest BCUT2D eigenvalue weighted by Gasteiger charge is 1.99. The number of unbranched alkanes of at least 4 members (excludes halogenated alkanes) is 3. The van der Waals surface area contributed by atoms with E-state index in [0.29, 0.717) is 6.61 Å². The third kappa shape index (κ3) is 5.19. The van der Waals surface area contributed by atoms with Gasteiger partial charge in [-0.3, -0.25) is 0 Å². The van der Waals surface area contributed by atoms with Gasteiger partial charge in [0.05, 0.1) is 10.7 Å². The average Bonchev–Trinajstić information content (AvgIpc) is 2.28. The Balaban J connectivity index is 2.23. The van der Waals surface area contributed by atoms with Crippen molar-refractivity contribution in [3.05, 3.63) is 27.7 Å². The summed E-state index contributed by atoms with van der Waals surface area (Å²) in [6.45, 7) is 1.21. The Labute approximate surface area is 110 Å². The highest BCUT2D eigenvalue weighted by Crippen LogP contribution is 2.25. The van der Waals surface area contributed by atoms with E-state index in [9.17, 15) is 0 Å². The van der Waals surface area contributed by atoms with Crippen LogP contribution in [0.25, 0.3) is 0 Å². The first kappa shape index (κ1) is 13.8. The van der Waals surface area contributed by atoms with E-state index in [1.807, 2.05) is 18.2 Å². The predicted molar refractivity (Wildman–Crippen MR) is 73.2 cm³/mol. The van der Waals surface area contributed by atoms with E-state index in [1.165, 1.54) is 0 Å². The summed E-state index contributed by atoms with van der Waals surface area (Å²) in [4.78, 5) is 0. The van der Waals surface area contributed by atoms with Gasteiger partial charge in [-0.1, -0.05) is 40.4 Å². The van der Waals surface area contributed by atoms with Crippen molar-refractivity contribution in [1.29, 1.82) is 0 Å². The first-order valence-corrected chi connectivity index (χ1v) is 6.71. The third-order valence-electron chi connectivity index (χ3n) is 2.33. The number of nitrogens with one attached hydrogen (secondary N) is 1. The van der Waals surface area contributed by atoms with Crippen LogP contribution < -0.4 is 5.32 Å². The normalized spacial score (nSPS) is 10.4. The number of hydrogen-bond donors (Lipinski definition) is 2. The first-order valence-electron chi connectivity index (χ1n) is 5.54. The van der Waals surface area contributed by atoms with Crippen LogP contribution in [-0.2, 0) is 0 Å². The molecule has 2 nitrogen and oxygen atoms in total. The molecule has 0 aliphatic carbocycles. The summed E-state index contributed by atoms with van der Waals surface area (Å²) >= 11 is 9.46.